The normalized spacial score (nSPS) is 10.9. The lowest BCUT2D eigenvalue weighted by Gasteiger charge is -2.16. The highest BCUT2D eigenvalue weighted by Crippen LogP contribution is 2.39. The number of ether oxygens (including phenoxy) is 3. The van der Waals surface area contributed by atoms with Crippen LogP contribution in [-0.2, 0) is 15.9 Å². The Morgan fingerprint density at radius 2 is 1.88 bits per heavy atom. The fraction of sp³-hybridized carbons (Fsp3) is 0.455. The molecular weight excluding hydrogens is 328 g/mol. The summed E-state index contributed by atoms with van der Waals surface area (Å²) in [5.41, 5.74) is 3.87. The van der Waals surface area contributed by atoms with E-state index in [2.05, 4.69) is 6.92 Å². The third-order valence-corrected chi connectivity index (χ3v) is 4.25. The Labute approximate surface area is 156 Å². The molecule has 0 atom stereocenters. The van der Waals surface area contributed by atoms with Gasteiger partial charge in [-0.2, -0.15) is 0 Å². The molecule has 4 nitrogen and oxygen atoms in total. The molecule has 2 aromatic rings. The SMILES string of the molecule is CCCCCc1cc(O)c(-c2cccc(C)c2)c(OCOCCOC)c1. The molecule has 0 spiro atoms. The van der Waals surface area contributed by atoms with E-state index < -0.39 is 0 Å². The average Bonchev–Trinajstić information content (AvgIpc) is 2.61. The highest BCUT2D eigenvalue weighted by atomic mass is 16.7. The maximum atomic E-state index is 10.7. The number of unbranched alkanes of at least 4 members (excludes halogenated alkanes) is 2. The molecule has 0 saturated heterocycles. The van der Waals surface area contributed by atoms with Crippen LogP contribution in [0.4, 0.5) is 0 Å². The van der Waals surface area contributed by atoms with Gasteiger partial charge >= 0.3 is 0 Å². The van der Waals surface area contributed by atoms with E-state index in [1.54, 1.807) is 7.11 Å². The van der Waals surface area contributed by atoms with Crippen molar-refractivity contribution in [3.63, 3.8) is 0 Å². The van der Waals surface area contributed by atoms with Crippen molar-refractivity contribution in [2.75, 3.05) is 27.1 Å². The fourth-order valence-electron chi connectivity index (χ4n) is 2.89. The lowest BCUT2D eigenvalue weighted by atomic mass is 9.98. The molecule has 0 aliphatic heterocycles. The summed E-state index contributed by atoms with van der Waals surface area (Å²) in [5, 5.41) is 10.7. The highest BCUT2D eigenvalue weighted by Gasteiger charge is 2.14. The molecule has 0 radical (unpaired) electrons. The zero-order valence-electron chi connectivity index (χ0n) is 16.1. The van der Waals surface area contributed by atoms with Crippen molar-refractivity contribution in [3.05, 3.63) is 47.5 Å². The lowest BCUT2D eigenvalue weighted by Crippen LogP contribution is -2.08. The number of phenolic OH excluding ortho intramolecular Hbond substituents is 1. The number of rotatable bonds is 11. The van der Waals surface area contributed by atoms with Crippen LogP contribution >= 0.6 is 0 Å². The molecule has 1 N–H and O–H groups in total. The van der Waals surface area contributed by atoms with Crippen LogP contribution in [0.25, 0.3) is 11.1 Å². The number of benzene rings is 2. The van der Waals surface area contributed by atoms with E-state index >= 15 is 0 Å². The third-order valence-electron chi connectivity index (χ3n) is 4.25. The Morgan fingerprint density at radius 1 is 1.04 bits per heavy atom. The van der Waals surface area contributed by atoms with Crippen molar-refractivity contribution in [3.8, 4) is 22.6 Å². The minimum absolute atomic E-state index is 0.125. The Balaban J connectivity index is 2.25. The fourth-order valence-corrected chi connectivity index (χ4v) is 2.89. The maximum Gasteiger partial charge on any atom is 0.189 e. The van der Waals surface area contributed by atoms with Crippen molar-refractivity contribution in [2.24, 2.45) is 0 Å². The summed E-state index contributed by atoms with van der Waals surface area (Å²) < 4.78 is 16.3. The highest BCUT2D eigenvalue weighted by molar-refractivity contribution is 5.77. The van der Waals surface area contributed by atoms with Crippen LogP contribution in [0.3, 0.4) is 0 Å². The first-order valence-electron chi connectivity index (χ1n) is 9.28. The second-order valence-corrected chi connectivity index (χ2v) is 6.48. The van der Waals surface area contributed by atoms with Crippen LogP contribution in [0.5, 0.6) is 11.5 Å². The summed E-state index contributed by atoms with van der Waals surface area (Å²) in [5.74, 6) is 0.899. The second-order valence-electron chi connectivity index (χ2n) is 6.48. The van der Waals surface area contributed by atoms with Gasteiger partial charge in [-0.1, -0.05) is 49.6 Å². The minimum Gasteiger partial charge on any atom is -0.507 e. The summed E-state index contributed by atoms with van der Waals surface area (Å²) in [6.45, 7) is 5.34. The Kier molecular flexibility index (Phi) is 8.45. The van der Waals surface area contributed by atoms with E-state index in [4.69, 9.17) is 14.2 Å². The quantitative estimate of drug-likeness (QED) is 0.448. The molecule has 0 amide bonds. The molecule has 0 saturated carbocycles. The van der Waals surface area contributed by atoms with E-state index in [1.807, 2.05) is 43.3 Å². The molecule has 0 aliphatic carbocycles. The zero-order chi connectivity index (χ0) is 18.8. The van der Waals surface area contributed by atoms with E-state index in [0.29, 0.717) is 24.5 Å². The summed E-state index contributed by atoms with van der Waals surface area (Å²) in [6.07, 6.45) is 4.38. The van der Waals surface area contributed by atoms with Gasteiger partial charge in [0.15, 0.2) is 6.79 Å². The number of hydrogen-bond acceptors (Lipinski definition) is 4. The predicted molar refractivity (Wildman–Crippen MR) is 105 cm³/mol. The predicted octanol–water partition coefficient (Wildman–Crippen LogP) is 5.10. The standard InChI is InChI=1S/C22H30O4/c1-4-5-6-9-18-14-20(23)22(19-10-7-8-17(2)13-19)21(15-18)26-16-25-12-11-24-3/h7-8,10,13-15,23H,4-6,9,11-12,16H2,1-3H3. The monoisotopic (exact) mass is 358 g/mol. The largest absolute Gasteiger partial charge is 0.507 e. The van der Waals surface area contributed by atoms with Gasteiger partial charge in [0.05, 0.1) is 18.8 Å². The molecule has 0 aromatic heterocycles. The van der Waals surface area contributed by atoms with Crippen molar-refractivity contribution in [1.29, 1.82) is 0 Å². The third kappa shape index (κ3) is 6.04. The van der Waals surface area contributed by atoms with Crippen molar-refractivity contribution in [2.45, 2.75) is 39.5 Å². The van der Waals surface area contributed by atoms with Crippen LogP contribution < -0.4 is 4.74 Å². The van der Waals surface area contributed by atoms with Gasteiger partial charge < -0.3 is 19.3 Å². The minimum atomic E-state index is 0.125. The van der Waals surface area contributed by atoms with Gasteiger partial charge in [-0.05, 0) is 43.0 Å². The van der Waals surface area contributed by atoms with Crippen molar-refractivity contribution in [1.82, 2.24) is 0 Å². The Morgan fingerprint density at radius 3 is 2.62 bits per heavy atom. The molecule has 2 aromatic carbocycles. The average molecular weight is 358 g/mol. The van der Waals surface area contributed by atoms with Gasteiger partial charge in [0, 0.05) is 7.11 Å². The summed E-state index contributed by atoms with van der Waals surface area (Å²) >= 11 is 0. The molecule has 4 heteroatoms. The molecule has 0 unspecified atom stereocenters. The topological polar surface area (TPSA) is 47.9 Å². The Hall–Kier alpha value is -2.04. The van der Waals surface area contributed by atoms with Crippen LogP contribution in [-0.4, -0.2) is 32.2 Å². The van der Waals surface area contributed by atoms with Crippen LogP contribution in [0.15, 0.2) is 36.4 Å². The molecule has 0 heterocycles. The van der Waals surface area contributed by atoms with Crippen LogP contribution in [0.2, 0.25) is 0 Å². The molecule has 0 aliphatic rings. The van der Waals surface area contributed by atoms with Gasteiger partial charge in [-0.25, -0.2) is 0 Å². The van der Waals surface area contributed by atoms with Crippen LogP contribution in [0.1, 0.15) is 37.3 Å². The van der Waals surface area contributed by atoms with Crippen molar-refractivity contribution < 1.29 is 19.3 Å². The molecule has 142 valence electrons. The summed E-state index contributed by atoms with van der Waals surface area (Å²) in [4.78, 5) is 0. The first-order valence-corrected chi connectivity index (χ1v) is 9.28. The maximum absolute atomic E-state index is 10.7. The van der Waals surface area contributed by atoms with E-state index in [0.717, 1.165) is 29.5 Å². The summed E-state index contributed by atoms with van der Waals surface area (Å²) in [7, 11) is 1.64. The van der Waals surface area contributed by atoms with Gasteiger partial charge in [-0.3, -0.25) is 0 Å². The number of phenols is 1. The van der Waals surface area contributed by atoms with E-state index in [9.17, 15) is 5.11 Å². The van der Waals surface area contributed by atoms with Gasteiger partial charge in [-0.15, -0.1) is 0 Å². The number of aromatic hydroxyl groups is 1. The van der Waals surface area contributed by atoms with Gasteiger partial charge in [0.25, 0.3) is 0 Å². The van der Waals surface area contributed by atoms with Crippen LogP contribution in [0, 0.1) is 6.92 Å². The molecule has 0 bridgehead atoms. The second kappa shape index (κ2) is 10.8. The summed E-state index contributed by atoms with van der Waals surface area (Å²) in [6, 6.07) is 11.9. The van der Waals surface area contributed by atoms with Gasteiger partial charge in [0.1, 0.15) is 11.5 Å². The molecule has 2 rings (SSSR count). The van der Waals surface area contributed by atoms with Gasteiger partial charge in [0.2, 0.25) is 0 Å². The number of hydrogen-bond donors (Lipinski definition) is 1. The first-order chi connectivity index (χ1) is 12.7. The zero-order valence-corrected chi connectivity index (χ0v) is 16.1. The first kappa shape index (κ1) is 20.3. The number of methoxy groups -OCH3 is 1. The molecular formula is C22H30O4. The van der Waals surface area contributed by atoms with E-state index in [-0.39, 0.29) is 12.5 Å². The Bertz CT molecular complexity index is 682. The van der Waals surface area contributed by atoms with E-state index in [1.165, 1.54) is 12.8 Å². The lowest BCUT2D eigenvalue weighted by molar-refractivity contribution is -0.00830. The molecule has 0 fully saturated rings. The molecule has 26 heavy (non-hydrogen) atoms. The van der Waals surface area contributed by atoms with Crippen molar-refractivity contribution >= 4 is 0 Å². The number of aryl methyl sites for hydroxylation is 2. The smallest absolute Gasteiger partial charge is 0.189 e.